The van der Waals surface area contributed by atoms with Crippen LogP contribution in [0.3, 0.4) is 0 Å². The van der Waals surface area contributed by atoms with E-state index in [9.17, 15) is 4.79 Å². The average molecular weight is 319 g/mol. The Bertz CT molecular complexity index is 498. The fourth-order valence-electron chi connectivity index (χ4n) is 2.69. The van der Waals surface area contributed by atoms with Gasteiger partial charge in [-0.05, 0) is 36.9 Å². The number of nitrogens with zero attached hydrogens (tertiary/aromatic N) is 1. The zero-order chi connectivity index (χ0) is 15.2. The van der Waals surface area contributed by atoms with E-state index < -0.39 is 0 Å². The summed E-state index contributed by atoms with van der Waals surface area (Å²) in [5.41, 5.74) is 2.17. The Hall–Kier alpha value is -1.04. The molecule has 1 aromatic rings. The molecule has 0 spiro atoms. The van der Waals surface area contributed by atoms with Crippen LogP contribution in [0.2, 0.25) is 0 Å². The van der Waals surface area contributed by atoms with E-state index in [4.69, 9.17) is 0 Å². The first kappa shape index (κ1) is 15.8. The second-order valence-electron chi connectivity index (χ2n) is 6.17. The van der Waals surface area contributed by atoms with Gasteiger partial charge in [0.15, 0.2) is 0 Å². The number of carbonyl (C=O) groups is 1. The first-order chi connectivity index (χ1) is 10.8. The van der Waals surface area contributed by atoms with Gasteiger partial charge in [-0.2, -0.15) is 11.8 Å². The van der Waals surface area contributed by atoms with Crippen LogP contribution in [0.25, 0.3) is 0 Å². The smallest absolute Gasteiger partial charge is 0.238 e. The fraction of sp³-hybridized carbons (Fsp3) is 0.588. The van der Waals surface area contributed by atoms with Crippen molar-refractivity contribution >= 4 is 23.4 Å². The van der Waals surface area contributed by atoms with E-state index in [0.717, 1.165) is 37.8 Å². The predicted molar refractivity (Wildman–Crippen MR) is 93.3 cm³/mol. The van der Waals surface area contributed by atoms with Gasteiger partial charge in [-0.1, -0.05) is 18.2 Å². The third-order valence-corrected chi connectivity index (χ3v) is 5.15. The molecule has 1 aliphatic carbocycles. The molecule has 1 saturated carbocycles. The number of nitrogens with one attached hydrogen (secondary N) is 2. The lowest BCUT2D eigenvalue weighted by Gasteiger charge is -2.27. The van der Waals surface area contributed by atoms with E-state index >= 15 is 0 Å². The van der Waals surface area contributed by atoms with Gasteiger partial charge in [0.2, 0.25) is 5.91 Å². The van der Waals surface area contributed by atoms with Crippen LogP contribution in [0.15, 0.2) is 24.3 Å². The Morgan fingerprint density at radius 1 is 1.23 bits per heavy atom. The van der Waals surface area contributed by atoms with E-state index in [1.807, 2.05) is 23.9 Å². The Labute approximate surface area is 137 Å². The second kappa shape index (κ2) is 7.99. The summed E-state index contributed by atoms with van der Waals surface area (Å²) in [5, 5.41) is 6.30. The molecule has 4 nitrogen and oxygen atoms in total. The molecule has 2 aliphatic rings. The Balaban J connectivity index is 1.51. The number of rotatable bonds is 7. The summed E-state index contributed by atoms with van der Waals surface area (Å²) in [6.45, 7) is 4.57. The van der Waals surface area contributed by atoms with Gasteiger partial charge in [-0.25, -0.2) is 0 Å². The summed E-state index contributed by atoms with van der Waals surface area (Å²) in [4.78, 5) is 14.5. The zero-order valence-corrected chi connectivity index (χ0v) is 13.8. The lowest BCUT2D eigenvalue weighted by atomic mass is 10.1. The molecule has 2 fully saturated rings. The van der Waals surface area contributed by atoms with Crippen molar-refractivity contribution in [1.29, 1.82) is 0 Å². The lowest BCUT2D eigenvalue weighted by Crippen LogP contribution is -2.33. The molecule has 0 atom stereocenters. The molecule has 1 heterocycles. The third-order valence-electron chi connectivity index (χ3n) is 4.20. The van der Waals surface area contributed by atoms with Crippen LogP contribution in [0.5, 0.6) is 0 Å². The summed E-state index contributed by atoms with van der Waals surface area (Å²) in [5.74, 6) is 3.28. The van der Waals surface area contributed by atoms with E-state index in [2.05, 4.69) is 27.7 Å². The minimum atomic E-state index is 0.0577. The lowest BCUT2D eigenvalue weighted by molar-refractivity contribution is -0.115. The largest absolute Gasteiger partial charge is 0.325 e. The SMILES string of the molecule is O=C(CNCC1CC1)Nc1ccccc1CN1CCSCC1. The minimum absolute atomic E-state index is 0.0577. The Kier molecular flexibility index (Phi) is 5.76. The molecule has 2 N–H and O–H groups in total. The van der Waals surface area contributed by atoms with Crippen LogP contribution in [0, 0.1) is 5.92 Å². The summed E-state index contributed by atoms with van der Waals surface area (Å²) < 4.78 is 0. The summed E-state index contributed by atoms with van der Waals surface area (Å²) in [6.07, 6.45) is 2.62. The van der Waals surface area contributed by atoms with Crippen molar-refractivity contribution in [2.75, 3.05) is 43.0 Å². The predicted octanol–water partition coefficient (Wildman–Crippen LogP) is 2.17. The Morgan fingerprint density at radius 3 is 2.77 bits per heavy atom. The number of anilines is 1. The molecule has 22 heavy (non-hydrogen) atoms. The van der Waals surface area contributed by atoms with Crippen LogP contribution in [-0.4, -0.2) is 48.5 Å². The third kappa shape index (κ3) is 5.00. The maximum absolute atomic E-state index is 12.1. The number of thioether (sulfide) groups is 1. The second-order valence-corrected chi connectivity index (χ2v) is 7.39. The maximum Gasteiger partial charge on any atom is 0.238 e. The molecule has 120 valence electrons. The number of hydrogen-bond donors (Lipinski definition) is 2. The van der Waals surface area contributed by atoms with Gasteiger partial charge >= 0.3 is 0 Å². The first-order valence-corrected chi connectivity index (χ1v) is 9.35. The highest BCUT2D eigenvalue weighted by atomic mass is 32.2. The number of benzene rings is 1. The van der Waals surface area contributed by atoms with Gasteiger partial charge in [0.1, 0.15) is 0 Å². The molecule has 0 aromatic heterocycles. The van der Waals surface area contributed by atoms with E-state index in [1.54, 1.807) is 0 Å². The van der Waals surface area contributed by atoms with E-state index in [1.165, 1.54) is 29.9 Å². The Morgan fingerprint density at radius 2 is 2.00 bits per heavy atom. The summed E-state index contributed by atoms with van der Waals surface area (Å²) in [6, 6.07) is 8.17. The van der Waals surface area contributed by atoms with Gasteiger partial charge in [-0.15, -0.1) is 0 Å². The average Bonchev–Trinajstić information content (AvgIpc) is 3.35. The van der Waals surface area contributed by atoms with Crippen molar-refractivity contribution in [2.24, 2.45) is 5.92 Å². The molecular formula is C17H25N3OS. The number of para-hydroxylation sites is 1. The molecule has 1 amide bonds. The van der Waals surface area contributed by atoms with Crippen molar-refractivity contribution in [3.8, 4) is 0 Å². The number of amides is 1. The topological polar surface area (TPSA) is 44.4 Å². The summed E-state index contributed by atoms with van der Waals surface area (Å²) in [7, 11) is 0. The normalized spacial score (nSPS) is 19.1. The first-order valence-electron chi connectivity index (χ1n) is 8.20. The molecule has 1 saturated heterocycles. The highest BCUT2D eigenvalue weighted by Gasteiger charge is 2.20. The van der Waals surface area contributed by atoms with Crippen LogP contribution in [0.4, 0.5) is 5.69 Å². The monoisotopic (exact) mass is 319 g/mol. The molecule has 0 bridgehead atoms. The van der Waals surface area contributed by atoms with Gasteiger partial charge in [0.05, 0.1) is 6.54 Å². The minimum Gasteiger partial charge on any atom is -0.325 e. The fourth-order valence-corrected chi connectivity index (χ4v) is 3.67. The standard InChI is InChI=1S/C17H25N3OS/c21-17(12-18-11-14-5-6-14)19-16-4-2-1-3-15(16)13-20-7-9-22-10-8-20/h1-4,14,18H,5-13H2,(H,19,21). The highest BCUT2D eigenvalue weighted by Crippen LogP contribution is 2.27. The molecule has 1 aromatic carbocycles. The van der Waals surface area contributed by atoms with E-state index in [-0.39, 0.29) is 5.91 Å². The van der Waals surface area contributed by atoms with Crippen molar-refractivity contribution in [3.05, 3.63) is 29.8 Å². The zero-order valence-electron chi connectivity index (χ0n) is 13.0. The molecule has 3 rings (SSSR count). The highest BCUT2D eigenvalue weighted by molar-refractivity contribution is 7.99. The van der Waals surface area contributed by atoms with Crippen molar-refractivity contribution < 1.29 is 4.79 Å². The van der Waals surface area contributed by atoms with Crippen LogP contribution in [-0.2, 0) is 11.3 Å². The molecule has 1 aliphatic heterocycles. The molecule has 5 heteroatoms. The summed E-state index contributed by atoms with van der Waals surface area (Å²) >= 11 is 2.02. The van der Waals surface area contributed by atoms with Crippen molar-refractivity contribution in [3.63, 3.8) is 0 Å². The number of hydrogen-bond acceptors (Lipinski definition) is 4. The molecular weight excluding hydrogens is 294 g/mol. The van der Waals surface area contributed by atoms with Crippen LogP contribution in [0.1, 0.15) is 18.4 Å². The van der Waals surface area contributed by atoms with Gasteiger partial charge in [-0.3, -0.25) is 9.69 Å². The molecule has 0 radical (unpaired) electrons. The maximum atomic E-state index is 12.1. The van der Waals surface area contributed by atoms with Crippen molar-refractivity contribution in [2.45, 2.75) is 19.4 Å². The van der Waals surface area contributed by atoms with E-state index in [0.29, 0.717) is 6.54 Å². The van der Waals surface area contributed by atoms with Crippen LogP contribution < -0.4 is 10.6 Å². The molecule has 0 unspecified atom stereocenters. The van der Waals surface area contributed by atoms with Crippen molar-refractivity contribution in [1.82, 2.24) is 10.2 Å². The van der Waals surface area contributed by atoms with Gasteiger partial charge in [0, 0.05) is 36.8 Å². The van der Waals surface area contributed by atoms with Gasteiger partial charge in [0.25, 0.3) is 0 Å². The van der Waals surface area contributed by atoms with Crippen LogP contribution >= 0.6 is 11.8 Å². The number of carbonyl (C=O) groups excluding carboxylic acids is 1. The van der Waals surface area contributed by atoms with Gasteiger partial charge < -0.3 is 10.6 Å². The quantitative estimate of drug-likeness (QED) is 0.808.